The van der Waals surface area contributed by atoms with E-state index < -0.39 is 5.60 Å². The Morgan fingerprint density at radius 3 is 2.12 bits per heavy atom. The van der Waals surface area contributed by atoms with Crippen molar-refractivity contribution >= 4 is 40.7 Å². The summed E-state index contributed by atoms with van der Waals surface area (Å²) in [4.78, 5) is 15.9. The Hall–Kier alpha value is -5.87. The molecule has 0 N–H and O–H groups in total. The van der Waals surface area contributed by atoms with Crippen LogP contribution in [0.25, 0.3) is 40.1 Å². The van der Waals surface area contributed by atoms with Gasteiger partial charge in [-0.3, -0.25) is 0 Å². The van der Waals surface area contributed by atoms with E-state index in [0.29, 0.717) is 17.9 Å². The number of piperidine rings is 1. The van der Waals surface area contributed by atoms with Gasteiger partial charge in [-0.1, -0.05) is 121 Å². The average Bonchev–Trinajstić information content (AvgIpc) is 3.20. The molecule has 2 aliphatic rings. The summed E-state index contributed by atoms with van der Waals surface area (Å²) in [6.45, 7) is 6.41. The van der Waals surface area contributed by atoms with Crippen LogP contribution in [-0.2, 0) is 10.3 Å². The molecule has 1 saturated heterocycles. The lowest BCUT2D eigenvalue weighted by atomic mass is 9.82. The lowest BCUT2D eigenvalue weighted by molar-refractivity contribution is 0.0524. The van der Waals surface area contributed by atoms with Gasteiger partial charge in [-0.15, -0.1) is 0 Å². The molecule has 6 aromatic rings. The van der Waals surface area contributed by atoms with E-state index in [9.17, 15) is 4.79 Å². The minimum Gasteiger partial charge on any atom is -0.472 e. The molecule has 52 heavy (non-hydrogen) atoms. The van der Waals surface area contributed by atoms with Crippen molar-refractivity contribution in [1.82, 2.24) is 0 Å². The highest BCUT2D eigenvalue weighted by Crippen LogP contribution is 2.47. The molecule has 4 nitrogen and oxygen atoms in total. The number of aryl methyl sites for hydroxylation is 1. The zero-order chi connectivity index (χ0) is 35.5. The van der Waals surface area contributed by atoms with Gasteiger partial charge in [-0.2, -0.15) is 0 Å². The molecule has 1 unspecified atom stereocenters. The fourth-order valence-electron chi connectivity index (χ4n) is 7.52. The molecule has 0 saturated carbocycles. The van der Waals surface area contributed by atoms with Crippen LogP contribution in [0.15, 0.2) is 133 Å². The van der Waals surface area contributed by atoms with Crippen LogP contribution in [0.2, 0.25) is 0 Å². The Labute approximate surface area is 306 Å². The number of carbonyl (C=O) groups excluding carboxylic acids is 1. The fourth-order valence-corrected chi connectivity index (χ4v) is 7.52. The van der Waals surface area contributed by atoms with Crippen molar-refractivity contribution in [2.45, 2.75) is 38.7 Å². The molecule has 0 aliphatic carbocycles. The van der Waals surface area contributed by atoms with E-state index in [1.165, 1.54) is 41.6 Å². The second-order valence-corrected chi connectivity index (χ2v) is 13.8. The molecule has 6 aromatic carbocycles. The van der Waals surface area contributed by atoms with Gasteiger partial charge < -0.3 is 14.4 Å². The molecule has 1 fully saturated rings. The lowest BCUT2D eigenvalue weighted by Gasteiger charge is -2.37. The lowest BCUT2D eigenvalue weighted by Crippen LogP contribution is -2.35. The fraction of sp³-hybridized carbons (Fsp3) is 0.188. The number of hydrogen-bond donors (Lipinski definition) is 0. The molecular formula is C48H43NO3. The van der Waals surface area contributed by atoms with Crippen LogP contribution >= 0.6 is 0 Å². The highest BCUT2D eigenvalue weighted by Gasteiger charge is 2.39. The van der Waals surface area contributed by atoms with E-state index in [1.807, 2.05) is 37.3 Å². The van der Waals surface area contributed by atoms with Gasteiger partial charge in [-0.05, 0) is 97.2 Å². The maximum absolute atomic E-state index is 13.5. The van der Waals surface area contributed by atoms with Crippen molar-refractivity contribution in [1.29, 1.82) is 0 Å². The third kappa shape index (κ3) is 6.53. The predicted molar refractivity (Wildman–Crippen MR) is 215 cm³/mol. The Morgan fingerprint density at radius 2 is 1.40 bits per heavy atom. The summed E-state index contributed by atoms with van der Waals surface area (Å²) in [7, 11) is 0. The average molecular weight is 682 g/mol. The minimum atomic E-state index is -0.891. The molecule has 0 aromatic heterocycles. The topological polar surface area (TPSA) is 38.8 Å². The number of carbonyl (C=O) groups is 1. The molecule has 2 heterocycles. The summed E-state index contributed by atoms with van der Waals surface area (Å²) in [6.07, 6.45) is 12.1. The summed E-state index contributed by atoms with van der Waals surface area (Å²) in [6, 6.07) is 44.7. The van der Waals surface area contributed by atoms with Crippen molar-refractivity contribution in [2.24, 2.45) is 0 Å². The van der Waals surface area contributed by atoms with Crippen LogP contribution in [0.3, 0.4) is 0 Å². The third-order valence-electron chi connectivity index (χ3n) is 10.4. The van der Waals surface area contributed by atoms with Crippen LogP contribution < -0.4 is 9.64 Å². The molecule has 0 amide bonds. The largest absolute Gasteiger partial charge is 0.472 e. The Bertz CT molecular complexity index is 2260. The maximum atomic E-state index is 13.5. The molecule has 1 atom stereocenters. The van der Waals surface area contributed by atoms with Gasteiger partial charge in [0.2, 0.25) is 0 Å². The van der Waals surface area contributed by atoms with Gasteiger partial charge in [0.1, 0.15) is 5.75 Å². The van der Waals surface area contributed by atoms with E-state index in [-0.39, 0.29) is 5.97 Å². The van der Waals surface area contributed by atoms with Gasteiger partial charge >= 0.3 is 5.97 Å². The number of anilines is 1. The van der Waals surface area contributed by atoms with Gasteiger partial charge in [0.05, 0.1) is 12.2 Å². The number of fused-ring (bicyclic) bond motifs is 3. The Morgan fingerprint density at radius 1 is 0.750 bits per heavy atom. The summed E-state index contributed by atoms with van der Waals surface area (Å²) >= 11 is 0. The number of ether oxygens (including phenoxy) is 2. The maximum Gasteiger partial charge on any atom is 0.338 e. The first-order valence-corrected chi connectivity index (χ1v) is 18.4. The normalized spacial score (nSPS) is 16.8. The predicted octanol–water partition coefficient (Wildman–Crippen LogP) is 11.5. The molecule has 4 heteroatoms. The number of nitrogens with zero attached hydrogens (tertiary/aromatic N) is 1. The first-order valence-electron chi connectivity index (χ1n) is 18.4. The van der Waals surface area contributed by atoms with Crippen LogP contribution in [0.5, 0.6) is 5.75 Å². The minimum absolute atomic E-state index is 0.291. The monoisotopic (exact) mass is 681 g/mol. The van der Waals surface area contributed by atoms with E-state index in [4.69, 9.17) is 9.47 Å². The van der Waals surface area contributed by atoms with Gasteiger partial charge in [-0.25, -0.2) is 4.79 Å². The highest BCUT2D eigenvalue weighted by atomic mass is 16.5. The third-order valence-corrected chi connectivity index (χ3v) is 10.4. The van der Waals surface area contributed by atoms with Gasteiger partial charge in [0.15, 0.2) is 5.60 Å². The van der Waals surface area contributed by atoms with Crippen molar-refractivity contribution in [3.63, 3.8) is 0 Å². The molecule has 0 spiro atoms. The zero-order valence-electron chi connectivity index (χ0n) is 29.8. The quantitative estimate of drug-likeness (QED) is 0.118. The van der Waals surface area contributed by atoms with Crippen molar-refractivity contribution < 1.29 is 14.3 Å². The zero-order valence-corrected chi connectivity index (χ0v) is 29.8. The van der Waals surface area contributed by atoms with Crippen molar-refractivity contribution in [3.05, 3.63) is 172 Å². The highest BCUT2D eigenvalue weighted by molar-refractivity contribution is 6.04. The van der Waals surface area contributed by atoms with Crippen LogP contribution in [0.1, 0.15) is 69.9 Å². The van der Waals surface area contributed by atoms with Gasteiger partial charge in [0, 0.05) is 40.9 Å². The molecular weight excluding hydrogens is 639 g/mol. The van der Waals surface area contributed by atoms with Crippen LogP contribution in [0.4, 0.5) is 5.69 Å². The molecule has 2 aliphatic heterocycles. The summed E-state index contributed by atoms with van der Waals surface area (Å²) in [5.41, 5.74) is 9.42. The number of rotatable bonds is 8. The van der Waals surface area contributed by atoms with Crippen molar-refractivity contribution in [2.75, 3.05) is 24.6 Å². The van der Waals surface area contributed by atoms with E-state index in [2.05, 4.69) is 133 Å². The van der Waals surface area contributed by atoms with E-state index >= 15 is 0 Å². The number of hydrogen-bond acceptors (Lipinski definition) is 4. The summed E-state index contributed by atoms with van der Waals surface area (Å²) in [5, 5.41) is 1.86. The number of esters is 1. The van der Waals surface area contributed by atoms with Gasteiger partial charge in [0.25, 0.3) is 0 Å². The van der Waals surface area contributed by atoms with E-state index in [0.717, 1.165) is 51.7 Å². The smallest absolute Gasteiger partial charge is 0.338 e. The summed E-state index contributed by atoms with van der Waals surface area (Å²) < 4.78 is 12.8. The molecule has 258 valence electrons. The second-order valence-electron chi connectivity index (χ2n) is 13.8. The van der Waals surface area contributed by atoms with Crippen molar-refractivity contribution in [3.8, 4) is 16.9 Å². The standard InChI is InChI=1S/C48H43NO3/c1-3-51-47(50)45-33-39-32-36(15-14-35-16-21-38(22-17-35)37-19-12-34(2)13-20-37)18-27-43(39)46-44(45)28-29-48(52-46,40-10-6-4-7-11-40)41-23-25-42(26-24-41)49-30-8-5-9-31-49/h4,6-7,10-29,32-33H,3,5,8-9,30-31H2,1-2H3/b15-14+. The number of benzene rings is 6. The van der Waals surface area contributed by atoms with Crippen LogP contribution in [-0.4, -0.2) is 25.7 Å². The first kappa shape index (κ1) is 33.3. The second kappa shape index (κ2) is 14.4. The Kier molecular flexibility index (Phi) is 9.22. The molecule has 8 rings (SSSR count). The van der Waals surface area contributed by atoms with Crippen LogP contribution in [0, 0.1) is 6.92 Å². The molecule has 0 radical (unpaired) electrons. The Balaban J connectivity index is 1.17. The summed E-state index contributed by atoms with van der Waals surface area (Å²) in [5.74, 6) is 0.316. The van der Waals surface area contributed by atoms with E-state index in [1.54, 1.807) is 0 Å². The first-order chi connectivity index (χ1) is 25.5. The molecule has 0 bridgehead atoms. The SMILES string of the molecule is CCOC(=O)c1cc2cc(/C=C/c3ccc(-c4ccc(C)cc4)cc3)ccc2c2c1C=CC(c1ccccc1)(c1ccc(N3CCCCC3)cc1)O2.